The van der Waals surface area contributed by atoms with Crippen molar-refractivity contribution in [1.29, 1.82) is 0 Å². The summed E-state index contributed by atoms with van der Waals surface area (Å²) < 4.78 is 16.3. The predicted octanol–water partition coefficient (Wildman–Crippen LogP) is 4.37. The summed E-state index contributed by atoms with van der Waals surface area (Å²) in [7, 11) is 1.54. The third kappa shape index (κ3) is 4.60. The highest BCUT2D eigenvalue weighted by Crippen LogP contribution is 2.43. The molecule has 168 valence electrons. The Hall–Kier alpha value is -2.83. The Morgan fingerprint density at radius 2 is 2.00 bits per heavy atom. The lowest BCUT2D eigenvalue weighted by Gasteiger charge is -2.23. The number of allylic oxidation sites excluding steroid dienone is 2. The molecule has 1 aromatic rings. The highest BCUT2D eigenvalue weighted by Gasteiger charge is 2.34. The first-order valence-electron chi connectivity index (χ1n) is 10.8. The van der Waals surface area contributed by atoms with Crippen molar-refractivity contribution < 1.29 is 33.7 Å². The van der Waals surface area contributed by atoms with E-state index in [9.17, 15) is 19.5 Å². The van der Waals surface area contributed by atoms with Crippen molar-refractivity contribution in [3.05, 3.63) is 33.9 Å². The summed E-state index contributed by atoms with van der Waals surface area (Å²) in [6, 6.07) is 0. The van der Waals surface area contributed by atoms with Gasteiger partial charge in [0, 0.05) is 18.1 Å². The van der Waals surface area contributed by atoms with E-state index in [4.69, 9.17) is 14.2 Å². The van der Waals surface area contributed by atoms with Crippen LogP contribution in [-0.2, 0) is 27.4 Å². The van der Waals surface area contributed by atoms with Gasteiger partial charge in [-0.25, -0.2) is 4.79 Å². The van der Waals surface area contributed by atoms with Crippen LogP contribution in [0.25, 0.3) is 0 Å². The molecule has 1 N–H and O–H groups in total. The van der Waals surface area contributed by atoms with Gasteiger partial charge in [0.15, 0.2) is 5.75 Å². The maximum absolute atomic E-state index is 12.4. The molecule has 0 bridgehead atoms. The number of fused-ring (bicyclic) bond motifs is 1. The van der Waals surface area contributed by atoms with E-state index >= 15 is 0 Å². The Morgan fingerprint density at radius 1 is 1.26 bits per heavy atom. The Bertz CT molecular complexity index is 929. The normalized spacial score (nSPS) is 20.6. The number of rotatable bonds is 6. The summed E-state index contributed by atoms with van der Waals surface area (Å²) in [6.45, 7) is 5.02. The molecule has 7 nitrogen and oxygen atoms in total. The number of hydrogen-bond acceptors (Lipinski definition) is 6. The first-order chi connectivity index (χ1) is 14.8. The van der Waals surface area contributed by atoms with Gasteiger partial charge in [0.2, 0.25) is 0 Å². The molecule has 1 aliphatic carbocycles. The number of ether oxygens (including phenoxy) is 3. The van der Waals surface area contributed by atoms with Gasteiger partial charge in [-0.2, -0.15) is 0 Å². The second-order valence-electron chi connectivity index (χ2n) is 8.31. The topological polar surface area (TPSA) is 99.1 Å². The zero-order chi connectivity index (χ0) is 22.7. The summed E-state index contributed by atoms with van der Waals surface area (Å²) in [4.78, 5) is 35.9. The molecule has 31 heavy (non-hydrogen) atoms. The smallest absolute Gasteiger partial charge is 0.342 e. The quantitative estimate of drug-likeness (QED) is 0.310. The zero-order valence-electron chi connectivity index (χ0n) is 18.6. The fraction of sp³-hybridized carbons (Fsp3) is 0.542. The molecular formula is C24H30O7. The fourth-order valence-corrected chi connectivity index (χ4v) is 4.74. The number of carbonyl (C=O) groups excluding carboxylic acids is 2. The predicted molar refractivity (Wildman–Crippen MR) is 113 cm³/mol. The molecule has 0 amide bonds. The van der Waals surface area contributed by atoms with Crippen LogP contribution in [-0.4, -0.2) is 30.1 Å². The van der Waals surface area contributed by atoms with Gasteiger partial charge in [-0.3, -0.25) is 9.59 Å². The van der Waals surface area contributed by atoms with Crippen LogP contribution < -0.4 is 9.47 Å². The third-order valence-electron chi connectivity index (χ3n) is 6.39. The van der Waals surface area contributed by atoms with Gasteiger partial charge >= 0.3 is 17.9 Å². The third-order valence-corrected chi connectivity index (χ3v) is 6.39. The van der Waals surface area contributed by atoms with E-state index in [1.807, 2.05) is 13.0 Å². The minimum Gasteiger partial charge on any atom is -0.496 e. The number of esters is 2. The van der Waals surface area contributed by atoms with Crippen molar-refractivity contribution in [2.45, 2.75) is 65.9 Å². The molecule has 2 unspecified atom stereocenters. The van der Waals surface area contributed by atoms with Crippen LogP contribution in [0, 0.1) is 18.8 Å². The van der Waals surface area contributed by atoms with Crippen LogP contribution in [0.2, 0.25) is 0 Å². The van der Waals surface area contributed by atoms with Gasteiger partial charge in [0.1, 0.15) is 17.9 Å². The van der Waals surface area contributed by atoms with E-state index in [-0.39, 0.29) is 23.8 Å². The summed E-state index contributed by atoms with van der Waals surface area (Å²) in [5, 5.41) is 9.57. The minimum atomic E-state index is -0.799. The molecule has 0 radical (unpaired) electrons. The molecule has 0 spiro atoms. The van der Waals surface area contributed by atoms with E-state index in [1.54, 1.807) is 14.0 Å². The lowest BCUT2D eigenvalue weighted by molar-refractivity contribution is -0.142. The van der Waals surface area contributed by atoms with Crippen LogP contribution in [0.5, 0.6) is 11.5 Å². The molecule has 2 atom stereocenters. The van der Waals surface area contributed by atoms with Crippen molar-refractivity contribution >= 4 is 17.9 Å². The van der Waals surface area contributed by atoms with Gasteiger partial charge in [-0.15, -0.1) is 0 Å². The van der Waals surface area contributed by atoms with Crippen molar-refractivity contribution in [3.8, 4) is 11.5 Å². The molecule has 1 fully saturated rings. The first-order valence-corrected chi connectivity index (χ1v) is 10.8. The highest BCUT2D eigenvalue weighted by molar-refractivity contribution is 5.99. The van der Waals surface area contributed by atoms with Crippen molar-refractivity contribution in [3.63, 3.8) is 0 Å². The molecule has 2 aliphatic rings. The zero-order valence-corrected chi connectivity index (χ0v) is 18.6. The largest absolute Gasteiger partial charge is 0.496 e. The lowest BCUT2D eigenvalue weighted by atomic mass is 9.82. The molecule has 1 heterocycles. The number of carbonyl (C=O) groups is 3. The minimum absolute atomic E-state index is 0.0383. The van der Waals surface area contributed by atoms with E-state index in [1.165, 1.54) is 6.92 Å². The maximum atomic E-state index is 12.4. The number of aliphatic carboxylic acids is 1. The Labute approximate surface area is 182 Å². The maximum Gasteiger partial charge on any atom is 0.342 e. The van der Waals surface area contributed by atoms with Crippen molar-refractivity contribution in [1.82, 2.24) is 0 Å². The Kier molecular flexibility index (Phi) is 7.03. The highest BCUT2D eigenvalue weighted by atomic mass is 16.6. The van der Waals surface area contributed by atoms with Gasteiger partial charge in [0.05, 0.1) is 13.0 Å². The van der Waals surface area contributed by atoms with Gasteiger partial charge < -0.3 is 19.3 Å². The second kappa shape index (κ2) is 9.54. The summed E-state index contributed by atoms with van der Waals surface area (Å²) in [5.41, 5.74) is 3.43. The average Bonchev–Trinajstić information content (AvgIpc) is 2.95. The SMILES string of the molecule is COc1c(C)c2c(c(OC(C)=O)c1C/C=C1\CCCCCC1C(C)C(=O)O)C(=O)OC2. The van der Waals surface area contributed by atoms with Crippen LogP contribution in [0.1, 0.15) is 73.0 Å². The van der Waals surface area contributed by atoms with Crippen molar-refractivity contribution in [2.24, 2.45) is 11.8 Å². The summed E-state index contributed by atoms with van der Waals surface area (Å²) in [6.07, 6.45) is 7.16. The number of carboxylic acids is 1. The van der Waals surface area contributed by atoms with E-state index < -0.39 is 23.8 Å². The van der Waals surface area contributed by atoms with Crippen LogP contribution >= 0.6 is 0 Å². The molecule has 3 rings (SSSR count). The van der Waals surface area contributed by atoms with E-state index in [2.05, 4.69) is 0 Å². The average molecular weight is 430 g/mol. The molecule has 7 heteroatoms. The van der Waals surface area contributed by atoms with E-state index in [0.29, 0.717) is 23.3 Å². The number of benzene rings is 1. The molecule has 0 aromatic heterocycles. The van der Waals surface area contributed by atoms with Gasteiger partial charge in [0.25, 0.3) is 0 Å². The van der Waals surface area contributed by atoms with Gasteiger partial charge in [-0.1, -0.05) is 31.4 Å². The summed E-state index contributed by atoms with van der Waals surface area (Å²) >= 11 is 0. The van der Waals surface area contributed by atoms with Crippen LogP contribution in [0.4, 0.5) is 0 Å². The Morgan fingerprint density at radius 3 is 2.65 bits per heavy atom. The lowest BCUT2D eigenvalue weighted by Crippen LogP contribution is -2.22. The van der Waals surface area contributed by atoms with Crippen LogP contribution in [0.3, 0.4) is 0 Å². The molecule has 1 aromatic carbocycles. The number of cyclic esters (lactones) is 1. The van der Waals surface area contributed by atoms with E-state index in [0.717, 1.165) is 43.2 Å². The first kappa shape index (κ1) is 22.8. The fourth-order valence-electron chi connectivity index (χ4n) is 4.74. The Balaban J connectivity index is 2.10. The molecule has 0 saturated heterocycles. The van der Waals surface area contributed by atoms with Crippen molar-refractivity contribution in [2.75, 3.05) is 7.11 Å². The standard InChI is InChI=1S/C24H30O7/c1-13-19-12-30-24(28)20(19)22(31-15(3)25)18(21(13)29-4)11-10-16-8-6-5-7-9-17(16)14(2)23(26)27/h10,14,17H,5-9,11-12H2,1-4H3,(H,26,27)/b16-10+. The molecule has 1 aliphatic heterocycles. The molecule has 1 saturated carbocycles. The number of methoxy groups -OCH3 is 1. The van der Waals surface area contributed by atoms with Gasteiger partial charge in [-0.05, 0) is 44.1 Å². The number of hydrogen-bond donors (Lipinski definition) is 1. The number of carboxylic acid groups (broad SMARTS) is 1. The molecular weight excluding hydrogens is 400 g/mol. The summed E-state index contributed by atoms with van der Waals surface area (Å²) in [5.74, 6) is -1.62. The second-order valence-corrected chi connectivity index (χ2v) is 8.31. The monoisotopic (exact) mass is 430 g/mol. The van der Waals surface area contributed by atoms with Crippen LogP contribution in [0.15, 0.2) is 11.6 Å².